The number of nitrogens with two attached hydrogens (primary N) is 1. The fourth-order valence-corrected chi connectivity index (χ4v) is 5.10. The number of halogens is 1. The molecule has 0 bridgehead atoms. The Morgan fingerprint density at radius 2 is 2.04 bits per heavy atom. The van der Waals surface area contributed by atoms with Crippen LogP contribution in [0.15, 0.2) is 12.1 Å². The van der Waals surface area contributed by atoms with Crippen LogP contribution in [0, 0.1) is 6.92 Å². The van der Waals surface area contributed by atoms with Crippen molar-refractivity contribution in [2.45, 2.75) is 70.5 Å². The van der Waals surface area contributed by atoms with Gasteiger partial charge < -0.3 is 10.5 Å². The predicted octanol–water partition coefficient (Wildman–Crippen LogP) is 4.03. The van der Waals surface area contributed by atoms with Gasteiger partial charge in [-0.05, 0) is 49.4 Å². The van der Waals surface area contributed by atoms with Gasteiger partial charge in [-0.3, -0.25) is 9.80 Å². The third-order valence-electron chi connectivity index (χ3n) is 6.36. The van der Waals surface area contributed by atoms with Crippen molar-refractivity contribution in [3.8, 4) is 0 Å². The van der Waals surface area contributed by atoms with E-state index in [4.69, 9.17) is 17.3 Å². The van der Waals surface area contributed by atoms with Crippen molar-refractivity contribution in [3.63, 3.8) is 0 Å². The number of benzene rings is 1. The molecule has 2 fully saturated rings. The fourth-order valence-electron chi connectivity index (χ4n) is 4.85. The maximum Gasteiger partial charge on any atom is 0.140 e. The van der Waals surface area contributed by atoms with Gasteiger partial charge in [0, 0.05) is 42.9 Å². The lowest BCUT2D eigenvalue weighted by molar-refractivity contribution is -0.123. The molecule has 1 aromatic carbocycles. The number of nitrogen functional groups attached to an aromatic ring is 1. The molecule has 0 radical (unpaired) electrons. The quantitative estimate of drug-likeness (QED) is 0.600. The summed E-state index contributed by atoms with van der Waals surface area (Å²) in [6.45, 7) is 8.15. The molecule has 1 heterocycles. The van der Waals surface area contributed by atoms with E-state index in [1.165, 1.54) is 24.7 Å². The molecule has 1 atom stereocenters. The second-order valence-corrected chi connectivity index (χ2v) is 8.52. The van der Waals surface area contributed by atoms with Gasteiger partial charge in [-0.25, -0.2) is 0 Å². The number of carbonyl (C=O) groups is 1. The molecule has 1 saturated carbocycles. The monoisotopic (exact) mass is 377 g/mol. The van der Waals surface area contributed by atoms with Gasteiger partial charge >= 0.3 is 0 Å². The van der Waals surface area contributed by atoms with Gasteiger partial charge in [0.1, 0.15) is 6.29 Å². The lowest BCUT2D eigenvalue weighted by atomic mass is 9.91. The molecule has 0 amide bonds. The molecule has 3 rings (SSSR count). The molecule has 4 nitrogen and oxygen atoms in total. The smallest absolute Gasteiger partial charge is 0.140 e. The van der Waals surface area contributed by atoms with Crippen molar-refractivity contribution >= 4 is 23.6 Å². The minimum absolute atomic E-state index is 0.206. The average molecular weight is 378 g/mol. The Kier molecular flexibility index (Phi) is 6.26. The summed E-state index contributed by atoms with van der Waals surface area (Å²) in [5.41, 5.74) is 8.99. The maximum absolute atomic E-state index is 12.0. The number of anilines is 1. The first-order valence-electron chi connectivity index (χ1n) is 9.99. The fraction of sp³-hybridized carbons (Fsp3) is 0.667. The standard InChI is InChI=1S/C21H32ClN3O/c1-3-6-19-14-24(13-17-11-18(22)12-20(23)16(17)2)9-10-25(19)21(15-26)7-4-5-8-21/h11-12,15,19H,3-10,13-14,23H2,1-2H3/t19-/m1/s1. The first-order valence-corrected chi connectivity index (χ1v) is 10.4. The number of piperazine rings is 1. The zero-order valence-electron chi connectivity index (χ0n) is 16.1. The first-order chi connectivity index (χ1) is 12.5. The maximum atomic E-state index is 12.0. The number of hydrogen-bond donors (Lipinski definition) is 1. The molecular formula is C21H32ClN3O. The van der Waals surface area contributed by atoms with Crippen LogP contribution in [-0.4, -0.2) is 47.3 Å². The Morgan fingerprint density at radius 1 is 1.31 bits per heavy atom. The highest BCUT2D eigenvalue weighted by atomic mass is 35.5. The molecule has 0 spiro atoms. The SMILES string of the molecule is CCC[C@@H]1CN(Cc2cc(Cl)cc(N)c2C)CCN1C1(C=O)CCCC1. The van der Waals surface area contributed by atoms with Crippen LogP contribution in [0.25, 0.3) is 0 Å². The van der Waals surface area contributed by atoms with E-state index in [0.29, 0.717) is 11.1 Å². The number of rotatable bonds is 6. The van der Waals surface area contributed by atoms with E-state index in [0.717, 1.165) is 63.1 Å². The van der Waals surface area contributed by atoms with Gasteiger partial charge in [-0.15, -0.1) is 0 Å². The van der Waals surface area contributed by atoms with E-state index in [-0.39, 0.29) is 5.54 Å². The summed E-state index contributed by atoms with van der Waals surface area (Å²) in [4.78, 5) is 17.0. The highest BCUT2D eigenvalue weighted by Gasteiger charge is 2.44. The number of hydrogen-bond acceptors (Lipinski definition) is 4. The van der Waals surface area contributed by atoms with Gasteiger partial charge in [0.2, 0.25) is 0 Å². The van der Waals surface area contributed by atoms with Gasteiger partial charge in [-0.2, -0.15) is 0 Å². The van der Waals surface area contributed by atoms with Crippen molar-refractivity contribution in [1.82, 2.24) is 9.80 Å². The van der Waals surface area contributed by atoms with E-state index in [2.05, 4.69) is 23.6 Å². The van der Waals surface area contributed by atoms with Crippen LogP contribution in [0.1, 0.15) is 56.6 Å². The largest absolute Gasteiger partial charge is 0.398 e. The van der Waals surface area contributed by atoms with Crippen molar-refractivity contribution < 1.29 is 4.79 Å². The molecule has 2 aliphatic rings. The van der Waals surface area contributed by atoms with Crippen molar-refractivity contribution in [3.05, 3.63) is 28.3 Å². The molecule has 0 aromatic heterocycles. The van der Waals surface area contributed by atoms with Crippen molar-refractivity contribution in [2.24, 2.45) is 0 Å². The topological polar surface area (TPSA) is 49.6 Å². The van der Waals surface area contributed by atoms with E-state index in [9.17, 15) is 4.79 Å². The van der Waals surface area contributed by atoms with Gasteiger partial charge in [0.15, 0.2) is 0 Å². The zero-order valence-corrected chi connectivity index (χ0v) is 16.9. The average Bonchev–Trinajstić information content (AvgIpc) is 3.10. The Labute approximate surface area is 162 Å². The Balaban J connectivity index is 1.75. The van der Waals surface area contributed by atoms with Crippen LogP contribution >= 0.6 is 11.6 Å². The third kappa shape index (κ3) is 3.92. The van der Waals surface area contributed by atoms with Gasteiger partial charge in [0.25, 0.3) is 0 Å². The molecule has 0 unspecified atom stereocenters. The summed E-state index contributed by atoms with van der Waals surface area (Å²) in [5, 5.41) is 0.706. The highest BCUT2D eigenvalue weighted by Crippen LogP contribution is 2.37. The van der Waals surface area contributed by atoms with Crippen LogP contribution in [0.4, 0.5) is 5.69 Å². The Morgan fingerprint density at radius 3 is 2.69 bits per heavy atom. The lowest BCUT2D eigenvalue weighted by Gasteiger charge is -2.48. The molecular weight excluding hydrogens is 346 g/mol. The van der Waals surface area contributed by atoms with Crippen LogP contribution in [0.2, 0.25) is 5.02 Å². The predicted molar refractivity (Wildman–Crippen MR) is 109 cm³/mol. The summed E-state index contributed by atoms with van der Waals surface area (Å²) < 4.78 is 0. The lowest BCUT2D eigenvalue weighted by Crippen LogP contribution is -2.61. The number of aldehydes is 1. The van der Waals surface area contributed by atoms with Crippen molar-refractivity contribution in [2.75, 3.05) is 25.4 Å². The van der Waals surface area contributed by atoms with E-state index < -0.39 is 0 Å². The minimum atomic E-state index is -0.206. The number of nitrogens with zero attached hydrogens (tertiary/aromatic N) is 2. The Hall–Kier alpha value is -1.10. The second-order valence-electron chi connectivity index (χ2n) is 8.08. The molecule has 2 N–H and O–H groups in total. The first kappa shape index (κ1) is 19.7. The molecule has 26 heavy (non-hydrogen) atoms. The summed E-state index contributed by atoms with van der Waals surface area (Å²) >= 11 is 6.22. The summed E-state index contributed by atoms with van der Waals surface area (Å²) in [6.07, 6.45) is 7.95. The van der Waals surface area contributed by atoms with Crippen molar-refractivity contribution in [1.29, 1.82) is 0 Å². The van der Waals surface area contributed by atoms with Crippen LogP contribution in [-0.2, 0) is 11.3 Å². The molecule has 1 aliphatic heterocycles. The van der Waals surface area contributed by atoms with E-state index in [1.54, 1.807) is 0 Å². The highest BCUT2D eigenvalue weighted by molar-refractivity contribution is 6.31. The normalized spacial score (nSPS) is 24.0. The summed E-state index contributed by atoms with van der Waals surface area (Å²) in [5.74, 6) is 0. The molecule has 1 aromatic rings. The molecule has 1 saturated heterocycles. The zero-order chi connectivity index (χ0) is 18.7. The van der Waals surface area contributed by atoms with Gasteiger partial charge in [-0.1, -0.05) is 37.8 Å². The summed E-state index contributed by atoms with van der Waals surface area (Å²) in [7, 11) is 0. The minimum Gasteiger partial charge on any atom is -0.398 e. The number of carbonyl (C=O) groups excluding carboxylic acids is 1. The summed E-state index contributed by atoms with van der Waals surface area (Å²) in [6, 6.07) is 4.32. The molecule has 144 valence electrons. The third-order valence-corrected chi connectivity index (χ3v) is 6.58. The van der Waals surface area contributed by atoms with E-state index >= 15 is 0 Å². The van der Waals surface area contributed by atoms with Crippen LogP contribution in [0.3, 0.4) is 0 Å². The molecule has 5 heteroatoms. The van der Waals surface area contributed by atoms with E-state index in [1.807, 2.05) is 12.1 Å². The van der Waals surface area contributed by atoms with Crippen LogP contribution in [0.5, 0.6) is 0 Å². The molecule has 1 aliphatic carbocycles. The Bertz CT molecular complexity index is 642. The second kappa shape index (κ2) is 8.28. The van der Waals surface area contributed by atoms with Gasteiger partial charge in [0.05, 0.1) is 5.54 Å². The van der Waals surface area contributed by atoms with Crippen LogP contribution < -0.4 is 5.73 Å².